The number of hydrogen-bond acceptors (Lipinski definition) is 3. The smallest absolute Gasteiger partial charge is 0.275 e. The van der Waals surface area contributed by atoms with E-state index in [1.807, 2.05) is 54.1 Å². The van der Waals surface area contributed by atoms with Crippen LogP contribution in [0.3, 0.4) is 0 Å². The summed E-state index contributed by atoms with van der Waals surface area (Å²) in [5, 5.41) is 15.8. The van der Waals surface area contributed by atoms with Crippen LogP contribution in [0.25, 0.3) is 10.8 Å². The average Bonchev–Trinajstić information content (AvgIpc) is 3.01. The van der Waals surface area contributed by atoms with Crippen LogP contribution in [0.4, 0.5) is 0 Å². The second kappa shape index (κ2) is 6.36. The number of aryl methyl sites for hydroxylation is 1. The zero-order valence-corrected chi connectivity index (χ0v) is 12.7. The zero-order chi connectivity index (χ0) is 16.2. The fraction of sp³-hybridized carbons (Fsp3) is 0.111. The number of nitrogens with zero attached hydrogens (tertiary/aromatic N) is 2. The third-order valence-corrected chi connectivity index (χ3v) is 3.68. The van der Waals surface area contributed by atoms with E-state index in [-0.39, 0.29) is 11.3 Å². The van der Waals surface area contributed by atoms with Crippen molar-refractivity contribution in [2.24, 2.45) is 5.10 Å². The molecule has 1 heterocycles. The number of carbonyl (C=O) groups excluding carboxylic acids is 1. The Morgan fingerprint density at radius 2 is 1.96 bits per heavy atom. The van der Waals surface area contributed by atoms with Crippen molar-refractivity contribution in [3.8, 4) is 5.75 Å². The fourth-order valence-corrected chi connectivity index (χ4v) is 2.46. The number of benzene rings is 2. The Morgan fingerprint density at radius 1 is 1.22 bits per heavy atom. The zero-order valence-electron chi connectivity index (χ0n) is 12.7. The van der Waals surface area contributed by atoms with Crippen LogP contribution in [-0.2, 0) is 6.54 Å². The number of fused-ring (bicyclic) bond motifs is 1. The van der Waals surface area contributed by atoms with Crippen LogP contribution in [-0.4, -0.2) is 21.8 Å². The molecule has 116 valence electrons. The van der Waals surface area contributed by atoms with Crippen LogP contribution in [0, 0.1) is 0 Å². The highest BCUT2D eigenvalue weighted by molar-refractivity contribution is 6.01. The predicted molar refractivity (Wildman–Crippen MR) is 90.8 cm³/mol. The molecular formula is C18H17N3O2. The van der Waals surface area contributed by atoms with Gasteiger partial charge in [0, 0.05) is 12.7 Å². The van der Waals surface area contributed by atoms with Crippen molar-refractivity contribution in [2.45, 2.75) is 13.5 Å². The molecule has 0 saturated heterocycles. The first kappa shape index (κ1) is 14.8. The third kappa shape index (κ3) is 3.08. The standard InChI is InChI=1S/C18H17N3O2/c1-2-21-9-5-8-15(21)12-19-20-18(23)16-10-13-6-3-4-7-14(13)11-17(16)22/h3-12,22H,2H2,1H3,(H,20,23). The normalized spacial score (nSPS) is 11.2. The number of amides is 1. The highest BCUT2D eigenvalue weighted by Crippen LogP contribution is 2.24. The summed E-state index contributed by atoms with van der Waals surface area (Å²) in [5.41, 5.74) is 3.55. The van der Waals surface area contributed by atoms with Gasteiger partial charge in [-0.15, -0.1) is 0 Å². The number of phenolic OH excluding ortho intramolecular Hbond substituents is 1. The molecular weight excluding hydrogens is 290 g/mol. The molecule has 2 aromatic carbocycles. The monoisotopic (exact) mass is 307 g/mol. The lowest BCUT2D eigenvalue weighted by Crippen LogP contribution is -2.18. The number of hydrazone groups is 1. The van der Waals surface area contributed by atoms with Crippen LogP contribution < -0.4 is 5.43 Å². The first-order valence-corrected chi connectivity index (χ1v) is 7.39. The molecule has 1 amide bonds. The van der Waals surface area contributed by atoms with Crippen molar-refractivity contribution in [1.29, 1.82) is 0 Å². The molecule has 0 spiro atoms. The first-order chi connectivity index (χ1) is 11.2. The highest BCUT2D eigenvalue weighted by Gasteiger charge is 2.11. The van der Waals surface area contributed by atoms with Gasteiger partial charge in [0.25, 0.3) is 5.91 Å². The Morgan fingerprint density at radius 3 is 2.70 bits per heavy atom. The lowest BCUT2D eigenvalue weighted by molar-refractivity contribution is 0.0952. The van der Waals surface area contributed by atoms with Crippen LogP contribution >= 0.6 is 0 Å². The molecule has 0 radical (unpaired) electrons. The van der Waals surface area contributed by atoms with Crippen LogP contribution in [0.15, 0.2) is 59.8 Å². The molecule has 0 aliphatic heterocycles. The van der Waals surface area contributed by atoms with Gasteiger partial charge in [0.05, 0.1) is 17.5 Å². The van der Waals surface area contributed by atoms with Gasteiger partial charge in [-0.2, -0.15) is 5.10 Å². The average molecular weight is 307 g/mol. The number of phenols is 1. The van der Waals surface area contributed by atoms with E-state index in [1.165, 1.54) is 0 Å². The molecule has 0 atom stereocenters. The Kier molecular flexibility index (Phi) is 4.10. The second-order valence-corrected chi connectivity index (χ2v) is 5.13. The summed E-state index contributed by atoms with van der Waals surface area (Å²) in [4.78, 5) is 12.2. The lowest BCUT2D eigenvalue weighted by Gasteiger charge is -2.06. The summed E-state index contributed by atoms with van der Waals surface area (Å²) in [6.45, 7) is 2.86. The molecule has 0 fully saturated rings. The summed E-state index contributed by atoms with van der Waals surface area (Å²) >= 11 is 0. The van der Waals surface area contributed by atoms with Crippen molar-refractivity contribution in [3.63, 3.8) is 0 Å². The molecule has 0 aliphatic carbocycles. The SMILES string of the molecule is CCn1cccc1C=NNC(=O)c1cc2ccccc2cc1O. The molecule has 0 bridgehead atoms. The molecule has 3 rings (SSSR count). The maximum atomic E-state index is 12.2. The van der Waals surface area contributed by atoms with Crippen molar-refractivity contribution in [3.05, 3.63) is 66.0 Å². The predicted octanol–water partition coefficient (Wildman–Crippen LogP) is 3.13. The molecule has 5 nitrogen and oxygen atoms in total. The third-order valence-electron chi connectivity index (χ3n) is 3.68. The van der Waals surface area contributed by atoms with E-state index in [0.717, 1.165) is 23.0 Å². The largest absolute Gasteiger partial charge is 0.507 e. The van der Waals surface area contributed by atoms with E-state index >= 15 is 0 Å². The molecule has 23 heavy (non-hydrogen) atoms. The van der Waals surface area contributed by atoms with E-state index in [0.29, 0.717) is 0 Å². The number of hydrogen-bond donors (Lipinski definition) is 2. The van der Waals surface area contributed by atoms with Crippen molar-refractivity contribution in [2.75, 3.05) is 0 Å². The van der Waals surface area contributed by atoms with Gasteiger partial charge in [0.1, 0.15) is 5.75 Å². The molecule has 5 heteroatoms. The van der Waals surface area contributed by atoms with Gasteiger partial charge in [-0.25, -0.2) is 5.43 Å². The fourth-order valence-electron chi connectivity index (χ4n) is 2.46. The number of carbonyl (C=O) groups is 1. The van der Waals surface area contributed by atoms with E-state index in [9.17, 15) is 9.90 Å². The number of rotatable bonds is 4. The summed E-state index contributed by atoms with van der Waals surface area (Å²) in [6, 6.07) is 14.6. The Hall–Kier alpha value is -3.08. The van der Waals surface area contributed by atoms with Gasteiger partial charge in [0.2, 0.25) is 0 Å². The number of nitrogens with one attached hydrogen (secondary N) is 1. The molecule has 2 N–H and O–H groups in total. The molecule has 0 unspecified atom stereocenters. The number of aromatic nitrogens is 1. The van der Waals surface area contributed by atoms with Crippen molar-refractivity contribution < 1.29 is 9.90 Å². The quantitative estimate of drug-likeness (QED) is 0.574. The first-order valence-electron chi connectivity index (χ1n) is 7.39. The summed E-state index contributed by atoms with van der Waals surface area (Å²) in [7, 11) is 0. The van der Waals surface area contributed by atoms with Gasteiger partial charge in [-0.1, -0.05) is 24.3 Å². The Balaban J connectivity index is 1.79. The molecule has 3 aromatic rings. The van der Waals surface area contributed by atoms with Crippen LogP contribution in [0.2, 0.25) is 0 Å². The summed E-state index contributed by atoms with van der Waals surface area (Å²) < 4.78 is 2.00. The van der Waals surface area contributed by atoms with Gasteiger partial charge in [-0.3, -0.25) is 4.79 Å². The maximum absolute atomic E-state index is 12.2. The molecule has 1 aromatic heterocycles. The highest BCUT2D eigenvalue weighted by atomic mass is 16.3. The van der Waals surface area contributed by atoms with Gasteiger partial charge < -0.3 is 9.67 Å². The van der Waals surface area contributed by atoms with Crippen LogP contribution in [0.1, 0.15) is 23.0 Å². The van der Waals surface area contributed by atoms with E-state index < -0.39 is 5.91 Å². The Labute approximate surface area is 133 Å². The van der Waals surface area contributed by atoms with Crippen molar-refractivity contribution in [1.82, 2.24) is 9.99 Å². The summed E-state index contributed by atoms with van der Waals surface area (Å²) in [5.74, 6) is -0.507. The summed E-state index contributed by atoms with van der Waals surface area (Å²) in [6.07, 6.45) is 3.53. The van der Waals surface area contributed by atoms with Gasteiger partial charge in [-0.05, 0) is 42.0 Å². The molecule has 0 aliphatic rings. The number of aromatic hydroxyl groups is 1. The maximum Gasteiger partial charge on any atom is 0.275 e. The van der Waals surface area contributed by atoms with Gasteiger partial charge >= 0.3 is 0 Å². The van der Waals surface area contributed by atoms with Crippen molar-refractivity contribution >= 4 is 22.9 Å². The Bertz CT molecular complexity index is 881. The minimum Gasteiger partial charge on any atom is -0.507 e. The van der Waals surface area contributed by atoms with E-state index in [2.05, 4.69) is 10.5 Å². The van der Waals surface area contributed by atoms with E-state index in [1.54, 1.807) is 18.3 Å². The second-order valence-electron chi connectivity index (χ2n) is 5.13. The lowest BCUT2D eigenvalue weighted by atomic mass is 10.1. The molecule has 0 saturated carbocycles. The minimum absolute atomic E-state index is 0.0617. The minimum atomic E-state index is -0.445. The topological polar surface area (TPSA) is 66.6 Å². The van der Waals surface area contributed by atoms with Crippen LogP contribution in [0.5, 0.6) is 5.75 Å². The van der Waals surface area contributed by atoms with Gasteiger partial charge in [0.15, 0.2) is 0 Å². The van der Waals surface area contributed by atoms with E-state index in [4.69, 9.17) is 0 Å².